The molecule has 0 spiro atoms. The van der Waals surface area contributed by atoms with E-state index in [2.05, 4.69) is 10.6 Å². The summed E-state index contributed by atoms with van der Waals surface area (Å²) in [4.78, 5) is 33.4. The molecule has 0 heterocycles. The Hall–Kier alpha value is -1.44. The summed E-state index contributed by atoms with van der Waals surface area (Å²) in [5.41, 5.74) is -0.398. The van der Waals surface area contributed by atoms with Gasteiger partial charge in [0.1, 0.15) is 11.8 Å². The lowest BCUT2D eigenvalue weighted by Crippen LogP contribution is -2.47. The molecule has 0 saturated carbocycles. The van der Waals surface area contributed by atoms with Gasteiger partial charge in [0.25, 0.3) is 0 Å². The Balaban J connectivity index is 4.43. The van der Waals surface area contributed by atoms with Crippen molar-refractivity contribution < 1.29 is 23.7 Å². The van der Waals surface area contributed by atoms with Gasteiger partial charge in [-0.15, -0.1) is 0 Å². The van der Waals surface area contributed by atoms with Crippen molar-refractivity contribution in [2.24, 2.45) is 0 Å². The summed E-state index contributed by atoms with van der Waals surface area (Å²) in [7, 11) is -1.66. The second-order valence-corrected chi connectivity index (χ2v) is 6.63. The average molecular weight is 306 g/mol. The number of nitrogens with one attached hydrogen (secondary N) is 2. The van der Waals surface area contributed by atoms with Crippen LogP contribution in [-0.4, -0.2) is 50.2 Å². The molecular formula is C12H22N2O5S. The highest BCUT2D eigenvalue weighted by atomic mass is 32.2. The first-order valence-electron chi connectivity index (χ1n) is 6.23. The highest BCUT2D eigenvalue weighted by Crippen LogP contribution is 2.06. The predicted octanol–water partition coefficient (Wildman–Crippen LogP) is -0.371. The molecule has 8 heteroatoms. The minimum absolute atomic E-state index is 0.285. The van der Waals surface area contributed by atoms with Gasteiger partial charge in [-0.25, -0.2) is 4.79 Å². The fraction of sp³-hybridized carbons (Fsp3) is 0.750. The number of hydrogen-bond donors (Lipinski definition) is 3. The number of rotatable bonds is 8. The Kier molecular flexibility index (Phi) is 7.41. The highest BCUT2D eigenvalue weighted by molar-refractivity contribution is 7.85. The Bertz CT molecular complexity index is 409. The van der Waals surface area contributed by atoms with Gasteiger partial charge in [-0.05, 0) is 20.3 Å². The molecule has 0 saturated heterocycles. The van der Waals surface area contributed by atoms with Crippen molar-refractivity contribution in [3.8, 4) is 0 Å². The second-order valence-electron chi connectivity index (χ2n) is 5.13. The van der Waals surface area contributed by atoms with Crippen LogP contribution in [0.25, 0.3) is 0 Å². The number of hydrogen-bond acceptors (Lipinski definition) is 4. The van der Waals surface area contributed by atoms with Crippen LogP contribution in [0.15, 0.2) is 0 Å². The fourth-order valence-corrected chi connectivity index (χ4v) is 2.39. The molecule has 1 unspecified atom stereocenters. The van der Waals surface area contributed by atoms with Crippen LogP contribution in [0.2, 0.25) is 0 Å². The third-order valence-corrected chi connectivity index (χ3v) is 3.97. The van der Waals surface area contributed by atoms with Gasteiger partial charge in [-0.3, -0.25) is 13.8 Å². The Morgan fingerprint density at radius 3 is 2.25 bits per heavy atom. The van der Waals surface area contributed by atoms with E-state index < -0.39 is 40.2 Å². The third kappa shape index (κ3) is 7.88. The van der Waals surface area contributed by atoms with Crippen molar-refractivity contribution in [2.75, 3.05) is 11.5 Å². The van der Waals surface area contributed by atoms with E-state index in [0.29, 0.717) is 0 Å². The third-order valence-electron chi connectivity index (χ3n) is 2.68. The lowest BCUT2D eigenvalue weighted by molar-refractivity contribution is -0.140. The van der Waals surface area contributed by atoms with Crippen LogP contribution in [-0.2, 0) is 25.2 Å². The number of aliphatic carboxylic acids is 1. The van der Waals surface area contributed by atoms with Gasteiger partial charge in [0.2, 0.25) is 11.8 Å². The van der Waals surface area contributed by atoms with Crippen LogP contribution < -0.4 is 10.6 Å². The molecule has 0 aromatic rings. The number of carboxylic acid groups (broad SMARTS) is 1. The number of carbonyl (C=O) groups excluding carboxylic acids is 2. The molecule has 0 rings (SSSR count). The largest absolute Gasteiger partial charge is 0.480 e. The summed E-state index contributed by atoms with van der Waals surface area (Å²) in [6, 6.07) is -1.25. The molecular weight excluding hydrogens is 284 g/mol. The standard InChI is InChI=1S/C12H22N2O5S/c1-5-12(3,4)14-10(16)7-20(19)6-9(11(17)18)13-8(2)15/h9H,5-7H2,1-4H3,(H,13,15)(H,14,16)(H,17,18)/t9-,20?/m0/s1. The predicted molar refractivity (Wildman–Crippen MR) is 75.6 cm³/mol. The molecule has 3 N–H and O–H groups in total. The van der Waals surface area contributed by atoms with Gasteiger partial charge < -0.3 is 15.7 Å². The summed E-state index contributed by atoms with van der Waals surface area (Å²) < 4.78 is 11.8. The van der Waals surface area contributed by atoms with E-state index >= 15 is 0 Å². The van der Waals surface area contributed by atoms with Crippen molar-refractivity contribution in [1.29, 1.82) is 0 Å². The second kappa shape index (κ2) is 7.98. The minimum Gasteiger partial charge on any atom is -0.480 e. The van der Waals surface area contributed by atoms with Crippen molar-refractivity contribution in [2.45, 2.75) is 45.7 Å². The molecule has 0 aromatic heterocycles. The van der Waals surface area contributed by atoms with Crippen LogP contribution >= 0.6 is 0 Å². The maximum atomic E-state index is 11.8. The lowest BCUT2D eigenvalue weighted by Gasteiger charge is -2.24. The van der Waals surface area contributed by atoms with E-state index in [1.165, 1.54) is 6.92 Å². The number of carbonyl (C=O) groups is 3. The first-order chi connectivity index (χ1) is 9.07. The van der Waals surface area contributed by atoms with Crippen LogP contribution in [0.3, 0.4) is 0 Å². The van der Waals surface area contributed by atoms with E-state index in [-0.39, 0.29) is 11.5 Å². The van der Waals surface area contributed by atoms with Crippen LogP contribution in [0, 0.1) is 0 Å². The normalized spacial score (nSPS) is 14.2. The summed E-state index contributed by atoms with van der Waals surface area (Å²) in [6.07, 6.45) is 0.717. The van der Waals surface area contributed by atoms with Gasteiger partial charge in [-0.2, -0.15) is 0 Å². The minimum atomic E-state index is -1.66. The highest BCUT2D eigenvalue weighted by Gasteiger charge is 2.24. The summed E-state index contributed by atoms with van der Waals surface area (Å²) in [6.45, 7) is 6.76. The smallest absolute Gasteiger partial charge is 0.327 e. The van der Waals surface area contributed by atoms with E-state index in [1.807, 2.05) is 20.8 Å². The monoisotopic (exact) mass is 306 g/mol. The fourth-order valence-electron chi connectivity index (χ4n) is 1.31. The van der Waals surface area contributed by atoms with Crippen molar-refractivity contribution in [3.05, 3.63) is 0 Å². The SMILES string of the molecule is CCC(C)(C)NC(=O)CS(=O)C[C@H](NC(C)=O)C(=O)O. The number of carboxylic acids is 1. The molecule has 2 amide bonds. The molecule has 20 heavy (non-hydrogen) atoms. The van der Waals surface area contributed by atoms with Crippen molar-refractivity contribution in [3.63, 3.8) is 0 Å². The van der Waals surface area contributed by atoms with E-state index in [4.69, 9.17) is 5.11 Å². The summed E-state index contributed by atoms with van der Waals surface area (Å²) >= 11 is 0. The zero-order valence-corrected chi connectivity index (χ0v) is 13.0. The van der Waals surface area contributed by atoms with Gasteiger partial charge in [0.15, 0.2) is 0 Å². The first-order valence-corrected chi connectivity index (χ1v) is 7.72. The molecule has 0 aliphatic heterocycles. The molecule has 0 fully saturated rings. The van der Waals surface area contributed by atoms with Crippen LogP contribution in [0.5, 0.6) is 0 Å². The Labute approximate surface area is 121 Å². The van der Waals surface area contributed by atoms with Gasteiger partial charge in [0, 0.05) is 23.3 Å². The van der Waals surface area contributed by atoms with E-state index in [1.54, 1.807) is 0 Å². The van der Waals surface area contributed by atoms with Crippen molar-refractivity contribution >= 4 is 28.6 Å². The molecule has 7 nitrogen and oxygen atoms in total. The molecule has 116 valence electrons. The van der Waals surface area contributed by atoms with Crippen LogP contribution in [0.1, 0.15) is 34.1 Å². The molecule has 0 radical (unpaired) electrons. The average Bonchev–Trinajstić information content (AvgIpc) is 2.26. The van der Waals surface area contributed by atoms with Gasteiger partial charge in [-0.1, -0.05) is 6.92 Å². The zero-order valence-electron chi connectivity index (χ0n) is 12.2. The summed E-state index contributed by atoms with van der Waals surface area (Å²) in [5, 5.41) is 13.8. The Morgan fingerprint density at radius 2 is 1.85 bits per heavy atom. The van der Waals surface area contributed by atoms with E-state index in [0.717, 1.165) is 6.42 Å². The molecule has 0 aliphatic rings. The number of amides is 2. The summed E-state index contributed by atoms with van der Waals surface area (Å²) in [5.74, 6) is -2.78. The van der Waals surface area contributed by atoms with Crippen molar-refractivity contribution in [1.82, 2.24) is 10.6 Å². The van der Waals surface area contributed by atoms with Crippen LogP contribution in [0.4, 0.5) is 0 Å². The molecule has 0 aromatic carbocycles. The van der Waals surface area contributed by atoms with Gasteiger partial charge in [0.05, 0.1) is 5.75 Å². The maximum absolute atomic E-state index is 11.8. The molecule has 0 bridgehead atoms. The zero-order chi connectivity index (χ0) is 15.9. The van der Waals surface area contributed by atoms with E-state index in [9.17, 15) is 18.6 Å². The molecule has 2 atom stereocenters. The topological polar surface area (TPSA) is 113 Å². The maximum Gasteiger partial charge on any atom is 0.327 e. The quantitative estimate of drug-likeness (QED) is 0.566. The van der Waals surface area contributed by atoms with Gasteiger partial charge >= 0.3 is 5.97 Å². The molecule has 0 aliphatic carbocycles. The first kappa shape index (κ1) is 18.6. The Morgan fingerprint density at radius 1 is 1.30 bits per heavy atom. The lowest BCUT2D eigenvalue weighted by atomic mass is 10.0.